The number of carboxylic acid groups (broad SMARTS) is 1. The Morgan fingerprint density at radius 2 is 2.04 bits per heavy atom. The van der Waals surface area contributed by atoms with Crippen LogP contribution in [0.15, 0.2) is 18.2 Å². The van der Waals surface area contributed by atoms with Gasteiger partial charge >= 0.3 is 0 Å². The molecule has 1 atom stereocenters. The van der Waals surface area contributed by atoms with Gasteiger partial charge in [-0.25, -0.2) is 0 Å². The number of hydrogen-bond donors (Lipinski definition) is 3. The lowest BCUT2D eigenvalue weighted by Gasteiger charge is -2.44. The van der Waals surface area contributed by atoms with Gasteiger partial charge < -0.3 is 20.6 Å². The molecule has 0 unspecified atom stereocenters. The van der Waals surface area contributed by atoms with Crippen molar-refractivity contribution in [2.24, 2.45) is 11.8 Å². The summed E-state index contributed by atoms with van der Waals surface area (Å²) in [6.07, 6.45) is 5.11. The van der Waals surface area contributed by atoms with Crippen molar-refractivity contribution in [3.63, 3.8) is 0 Å². The number of carbonyl (C=O) groups is 2. The predicted molar refractivity (Wildman–Crippen MR) is 110 cm³/mol. The van der Waals surface area contributed by atoms with E-state index in [0.717, 1.165) is 34.8 Å². The van der Waals surface area contributed by atoms with Gasteiger partial charge in [0, 0.05) is 30.2 Å². The van der Waals surface area contributed by atoms with Crippen molar-refractivity contribution < 1.29 is 14.7 Å². The standard InChI is InChI=1S/C19H24N4OS.CH2O2/c24-19(21-16-11-23-7-5-13(16)6-8-23)18-15-4-3-14(9-17(15)25-22-18)20-10-12-1-2-12;2-1-3/h3-4,9,12-13,16,20H,1-2,5-8,10-11H2,(H,21,24);1H,(H,2,3)/t16-;/m1./s1. The van der Waals surface area contributed by atoms with E-state index in [1.54, 1.807) is 0 Å². The molecule has 1 amide bonds. The minimum absolute atomic E-state index is 0.0105. The molecule has 1 aromatic heterocycles. The minimum Gasteiger partial charge on any atom is -0.483 e. The van der Waals surface area contributed by atoms with Gasteiger partial charge in [0.05, 0.1) is 4.70 Å². The van der Waals surface area contributed by atoms with Crippen LogP contribution >= 0.6 is 11.5 Å². The first-order chi connectivity index (χ1) is 13.7. The Bertz CT molecular complexity index is 843. The third-order valence-corrected chi connectivity index (χ3v) is 6.76. The van der Waals surface area contributed by atoms with Crippen LogP contribution in [0, 0.1) is 11.8 Å². The number of piperidine rings is 3. The average molecular weight is 403 g/mol. The Kier molecular flexibility index (Phi) is 5.77. The van der Waals surface area contributed by atoms with E-state index in [9.17, 15) is 4.79 Å². The number of carbonyl (C=O) groups excluding carboxylic acids is 1. The van der Waals surface area contributed by atoms with Crippen LogP contribution in [0.25, 0.3) is 10.1 Å². The van der Waals surface area contributed by atoms with Crippen LogP contribution < -0.4 is 10.6 Å². The zero-order chi connectivity index (χ0) is 19.5. The van der Waals surface area contributed by atoms with Crippen molar-refractivity contribution in [3.8, 4) is 0 Å². The van der Waals surface area contributed by atoms with Crippen LogP contribution in [-0.4, -0.2) is 59.0 Å². The molecule has 6 rings (SSSR count). The molecule has 3 aliphatic heterocycles. The number of amides is 1. The second-order valence-corrected chi connectivity index (χ2v) is 8.69. The summed E-state index contributed by atoms with van der Waals surface area (Å²) in [6, 6.07) is 6.52. The largest absolute Gasteiger partial charge is 0.483 e. The molecule has 1 aliphatic carbocycles. The van der Waals surface area contributed by atoms with Crippen LogP contribution in [0.2, 0.25) is 0 Å². The molecular formula is C20H26N4O3S. The Hall–Kier alpha value is -2.19. The summed E-state index contributed by atoms with van der Waals surface area (Å²) in [6.45, 7) is 4.17. The highest BCUT2D eigenvalue weighted by atomic mass is 32.1. The fourth-order valence-electron chi connectivity index (χ4n) is 4.16. The molecule has 2 bridgehead atoms. The van der Waals surface area contributed by atoms with Gasteiger partial charge in [-0.3, -0.25) is 9.59 Å². The van der Waals surface area contributed by atoms with Crippen LogP contribution in [0.4, 0.5) is 5.69 Å². The smallest absolute Gasteiger partial charge is 0.290 e. The Morgan fingerprint density at radius 1 is 1.29 bits per heavy atom. The summed E-state index contributed by atoms with van der Waals surface area (Å²) in [7, 11) is 0. The molecule has 1 saturated carbocycles. The van der Waals surface area contributed by atoms with Gasteiger partial charge in [-0.2, -0.15) is 4.37 Å². The summed E-state index contributed by atoms with van der Waals surface area (Å²) in [5, 5.41) is 14.6. The van der Waals surface area contributed by atoms with Crippen LogP contribution in [0.5, 0.6) is 0 Å². The van der Waals surface area contributed by atoms with Crippen molar-refractivity contribution in [2.75, 3.05) is 31.5 Å². The number of benzene rings is 1. The molecule has 8 heteroatoms. The lowest BCUT2D eigenvalue weighted by molar-refractivity contribution is -0.122. The molecule has 3 saturated heterocycles. The molecule has 2 aromatic rings. The van der Waals surface area contributed by atoms with Crippen molar-refractivity contribution in [1.29, 1.82) is 0 Å². The fraction of sp³-hybridized carbons (Fsp3) is 0.550. The second-order valence-electron chi connectivity index (χ2n) is 7.89. The van der Waals surface area contributed by atoms with Crippen LogP contribution in [0.3, 0.4) is 0 Å². The molecule has 4 aliphatic rings. The molecule has 4 heterocycles. The maximum absolute atomic E-state index is 12.8. The quantitative estimate of drug-likeness (QED) is 0.666. The predicted octanol–water partition coefficient (Wildman–Crippen LogP) is 2.64. The first-order valence-electron chi connectivity index (χ1n) is 9.92. The highest BCUT2D eigenvalue weighted by Crippen LogP contribution is 2.31. The normalized spacial score (nSPS) is 25.6. The lowest BCUT2D eigenvalue weighted by atomic mass is 9.84. The van der Waals surface area contributed by atoms with Crippen LogP contribution in [0.1, 0.15) is 36.2 Å². The summed E-state index contributed by atoms with van der Waals surface area (Å²) >= 11 is 1.42. The van der Waals surface area contributed by atoms with E-state index in [2.05, 4.69) is 32.0 Å². The fourth-order valence-corrected chi connectivity index (χ4v) is 4.97. The highest BCUT2D eigenvalue weighted by Gasteiger charge is 2.35. The maximum atomic E-state index is 12.8. The summed E-state index contributed by atoms with van der Waals surface area (Å²) in [5.41, 5.74) is 1.72. The molecule has 7 nitrogen and oxygen atoms in total. The van der Waals surface area contributed by atoms with Gasteiger partial charge in [-0.05, 0) is 80.3 Å². The topological polar surface area (TPSA) is 94.6 Å². The van der Waals surface area contributed by atoms with E-state index in [1.165, 1.54) is 50.3 Å². The van der Waals surface area contributed by atoms with Gasteiger partial charge in [0.1, 0.15) is 5.69 Å². The number of aromatic nitrogens is 1. The van der Waals surface area contributed by atoms with Crippen molar-refractivity contribution >= 4 is 39.7 Å². The first-order valence-corrected chi connectivity index (χ1v) is 10.7. The zero-order valence-electron chi connectivity index (χ0n) is 15.8. The first kappa shape index (κ1) is 19.1. The molecule has 1 aromatic carbocycles. The number of anilines is 1. The molecule has 3 N–H and O–H groups in total. The summed E-state index contributed by atoms with van der Waals surface area (Å²) in [4.78, 5) is 23.6. The summed E-state index contributed by atoms with van der Waals surface area (Å²) < 4.78 is 5.54. The van der Waals surface area contributed by atoms with Crippen molar-refractivity contribution in [1.82, 2.24) is 14.6 Å². The number of rotatable bonds is 5. The maximum Gasteiger partial charge on any atom is 0.290 e. The number of fused-ring (bicyclic) bond motifs is 4. The van der Waals surface area contributed by atoms with Gasteiger partial charge in [-0.15, -0.1) is 0 Å². The van der Waals surface area contributed by atoms with Crippen LogP contribution in [-0.2, 0) is 4.79 Å². The van der Waals surface area contributed by atoms with E-state index in [0.29, 0.717) is 11.6 Å². The Morgan fingerprint density at radius 3 is 2.68 bits per heavy atom. The third-order valence-electron chi connectivity index (χ3n) is 5.95. The number of nitrogens with one attached hydrogen (secondary N) is 2. The number of hydrogen-bond acceptors (Lipinski definition) is 6. The van der Waals surface area contributed by atoms with Crippen molar-refractivity contribution in [3.05, 3.63) is 23.9 Å². The van der Waals surface area contributed by atoms with E-state index >= 15 is 0 Å². The number of nitrogens with zero attached hydrogens (tertiary/aromatic N) is 2. The molecule has 150 valence electrons. The molecule has 28 heavy (non-hydrogen) atoms. The second kappa shape index (κ2) is 8.45. The molecular weight excluding hydrogens is 376 g/mol. The average Bonchev–Trinajstić information content (AvgIpc) is 3.45. The SMILES string of the molecule is O=C(N[C@@H]1CN2CCC1CC2)c1nsc2cc(NCC3CC3)ccc12.O=CO. The van der Waals surface area contributed by atoms with E-state index < -0.39 is 0 Å². The monoisotopic (exact) mass is 402 g/mol. The van der Waals surface area contributed by atoms with Gasteiger partial charge in [0.15, 0.2) is 0 Å². The highest BCUT2D eigenvalue weighted by molar-refractivity contribution is 7.13. The van der Waals surface area contributed by atoms with E-state index in [-0.39, 0.29) is 18.4 Å². The zero-order valence-corrected chi connectivity index (χ0v) is 16.6. The lowest BCUT2D eigenvalue weighted by Crippen LogP contribution is -2.57. The minimum atomic E-state index is -0.250. The molecule has 0 radical (unpaired) electrons. The Balaban J connectivity index is 0.000000604. The van der Waals surface area contributed by atoms with Gasteiger partial charge in [0.25, 0.3) is 12.4 Å². The summed E-state index contributed by atoms with van der Waals surface area (Å²) in [5.74, 6) is 1.47. The van der Waals surface area contributed by atoms with Crippen molar-refractivity contribution in [2.45, 2.75) is 31.7 Å². The molecule has 4 fully saturated rings. The van der Waals surface area contributed by atoms with E-state index in [4.69, 9.17) is 9.90 Å². The molecule has 0 spiro atoms. The van der Waals surface area contributed by atoms with Gasteiger partial charge in [0.2, 0.25) is 0 Å². The van der Waals surface area contributed by atoms with E-state index in [1.807, 2.05) is 6.07 Å². The Labute approximate surface area is 168 Å². The third kappa shape index (κ3) is 4.28. The van der Waals surface area contributed by atoms with Gasteiger partial charge in [-0.1, -0.05) is 0 Å².